The number of rotatable bonds is 3. The van der Waals surface area contributed by atoms with E-state index in [9.17, 15) is 18.0 Å². The van der Waals surface area contributed by atoms with E-state index in [-0.39, 0.29) is 6.61 Å². The first kappa shape index (κ1) is 14.7. The van der Waals surface area contributed by atoms with Crippen molar-refractivity contribution in [3.05, 3.63) is 17.3 Å². The molecule has 0 amide bonds. The average molecular weight is 290 g/mol. The van der Waals surface area contributed by atoms with Gasteiger partial charge in [0.25, 0.3) is 0 Å². The summed E-state index contributed by atoms with van der Waals surface area (Å²) in [6, 6.07) is 0.998. The van der Waals surface area contributed by atoms with Crippen LogP contribution in [0, 0.1) is 0 Å². The Kier molecular flexibility index (Phi) is 4.25. The lowest BCUT2D eigenvalue weighted by atomic mass is 10.1. The van der Waals surface area contributed by atoms with Crippen LogP contribution in [0.5, 0.6) is 0 Å². The van der Waals surface area contributed by atoms with Crippen LogP contribution in [-0.4, -0.2) is 30.6 Å². The summed E-state index contributed by atoms with van der Waals surface area (Å²) in [5, 5.41) is 0. The molecular weight excluding hydrogens is 273 g/mol. The third-order valence-electron chi connectivity index (χ3n) is 3.29. The highest BCUT2D eigenvalue weighted by atomic mass is 19.4. The van der Waals surface area contributed by atoms with Crippen molar-refractivity contribution in [3.8, 4) is 0 Å². The van der Waals surface area contributed by atoms with Crippen LogP contribution in [-0.2, 0) is 10.9 Å². The number of aromatic amines is 1. The van der Waals surface area contributed by atoms with Gasteiger partial charge in [-0.2, -0.15) is 13.2 Å². The normalized spacial score (nSPS) is 16.3. The number of hydrogen-bond donors (Lipinski definition) is 1. The predicted molar refractivity (Wildman–Crippen MR) is 67.8 cm³/mol. The zero-order valence-corrected chi connectivity index (χ0v) is 11.2. The summed E-state index contributed by atoms with van der Waals surface area (Å²) >= 11 is 0. The Labute approximate surface area is 114 Å². The highest BCUT2D eigenvalue weighted by Gasteiger charge is 2.38. The minimum Gasteiger partial charge on any atom is -0.461 e. The molecule has 1 aromatic heterocycles. The molecule has 1 aliphatic heterocycles. The largest absolute Gasteiger partial charge is 0.461 e. The van der Waals surface area contributed by atoms with Gasteiger partial charge in [-0.1, -0.05) is 0 Å². The van der Waals surface area contributed by atoms with Gasteiger partial charge in [-0.15, -0.1) is 0 Å². The van der Waals surface area contributed by atoms with Crippen LogP contribution in [0.2, 0.25) is 0 Å². The van der Waals surface area contributed by atoms with Gasteiger partial charge in [-0.05, 0) is 32.3 Å². The first-order chi connectivity index (χ1) is 9.43. The van der Waals surface area contributed by atoms with Crippen molar-refractivity contribution in [1.29, 1.82) is 0 Å². The molecule has 2 rings (SSSR count). The standard InChI is InChI=1S/C13H17F3N2O2/c1-2-20-12(19)11-9(13(14,15)16)8-10(17-11)18-6-4-3-5-7-18/h8,17H,2-7H2,1H3. The second kappa shape index (κ2) is 5.76. The molecule has 112 valence electrons. The number of esters is 1. The number of alkyl halides is 3. The summed E-state index contributed by atoms with van der Waals surface area (Å²) in [4.78, 5) is 16.0. The smallest absolute Gasteiger partial charge is 0.418 e. The van der Waals surface area contributed by atoms with E-state index in [2.05, 4.69) is 9.72 Å². The van der Waals surface area contributed by atoms with Crippen molar-refractivity contribution in [2.24, 2.45) is 0 Å². The number of nitrogens with one attached hydrogen (secondary N) is 1. The molecule has 20 heavy (non-hydrogen) atoms. The van der Waals surface area contributed by atoms with Crippen molar-refractivity contribution in [2.75, 3.05) is 24.6 Å². The van der Waals surface area contributed by atoms with Gasteiger partial charge in [0, 0.05) is 13.1 Å². The number of aromatic nitrogens is 1. The van der Waals surface area contributed by atoms with Crippen molar-refractivity contribution in [2.45, 2.75) is 32.4 Å². The van der Waals surface area contributed by atoms with Gasteiger partial charge in [0.15, 0.2) is 0 Å². The molecule has 0 saturated carbocycles. The Bertz CT molecular complexity index is 476. The number of H-pyrrole nitrogens is 1. The predicted octanol–water partition coefficient (Wildman–Crippen LogP) is 3.20. The number of carbonyl (C=O) groups excluding carboxylic acids is 1. The van der Waals surface area contributed by atoms with Crippen LogP contribution in [0.1, 0.15) is 42.2 Å². The Morgan fingerprint density at radius 2 is 2.00 bits per heavy atom. The van der Waals surface area contributed by atoms with Gasteiger partial charge in [0.1, 0.15) is 11.5 Å². The molecule has 1 aromatic rings. The fourth-order valence-electron chi connectivity index (χ4n) is 2.33. The van der Waals surface area contributed by atoms with E-state index in [1.165, 1.54) is 0 Å². The van der Waals surface area contributed by atoms with Crippen LogP contribution in [0.3, 0.4) is 0 Å². The molecule has 0 aromatic carbocycles. The minimum atomic E-state index is -4.58. The third-order valence-corrected chi connectivity index (χ3v) is 3.29. The Morgan fingerprint density at radius 3 is 2.55 bits per heavy atom. The number of piperidine rings is 1. The zero-order chi connectivity index (χ0) is 14.8. The van der Waals surface area contributed by atoms with Crippen LogP contribution >= 0.6 is 0 Å². The summed E-state index contributed by atoms with van der Waals surface area (Å²) in [6.45, 7) is 2.98. The zero-order valence-electron chi connectivity index (χ0n) is 11.2. The van der Waals surface area contributed by atoms with Gasteiger partial charge >= 0.3 is 12.1 Å². The Morgan fingerprint density at radius 1 is 1.35 bits per heavy atom. The van der Waals surface area contributed by atoms with E-state index in [0.29, 0.717) is 18.9 Å². The summed E-state index contributed by atoms with van der Waals surface area (Å²) in [5.74, 6) is -0.636. The number of hydrogen-bond acceptors (Lipinski definition) is 3. The molecule has 1 saturated heterocycles. The number of anilines is 1. The van der Waals surface area contributed by atoms with Gasteiger partial charge in [-0.25, -0.2) is 4.79 Å². The summed E-state index contributed by atoms with van der Waals surface area (Å²) in [7, 11) is 0. The average Bonchev–Trinajstić information content (AvgIpc) is 2.85. The molecule has 1 aliphatic rings. The van der Waals surface area contributed by atoms with Crippen LogP contribution < -0.4 is 4.90 Å². The molecule has 1 N–H and O–H groups in total. The molecule has 7 heteroatoms. The van der Waals surface area contributed by atoms with Crippen molar-refractivity contribution in [1.82, 2.24) is 4.98 Å². The second-order valence-corrected chi connectivity index (χ2v) is 4.71. The maximum absolute atomic E-state index is 13.0. The number of halogens is 3. The van der Waals surface area contributed by atoms with E-state index < -0.39 is 23.4 Å². The molecule has 0 aliphatic carbocycles. The summed E-state index contributed by atoms with van der Waals surface area (Å²) < 4.78 is 43.6. The lowest BCUT2D eigenvalue weighted by molar-refractivity contribution is -0.138. The van der Waals surface area contributed by atoms with E-state index in [1.807, 2.05) is 4.90 Å². The van der Waals surface area contributed by atoms with Crippen molar-refractivity contribution < 1.29 is 22.7 Å². The first-order valence-corrected chi connectivity index (χ1v) is 6.65. The van der Waals surface area contributed by atoms with Crippen LogP contribution in [0.25, 0.3) is 0 Å². The van der Waals surface area contributed by atoms with E-state index >= 15 is 0 Å². The number of nitrogens with zero attached hydrogens (tertiary/aromatic N) is 1. The summed E-state index contributed by atoms with van der Waals surface area (Å²) in [5.41, 5.74) is -1.48. The van der Waals surface area contributed by atoms with E-state index in [0.717, 1.165) is 25.3 Å². The highest BCUT2D eigenvalue weighted by molar-refractivity contribution is 5.90. The maximum Gasteiger partial charge on any atom is 0.418 e. The van der Waals surface area contributed by atoms with Gasteiger partial charge in [0.2, 0.25) is 0 Å². The van der Waals surface area contributed by atoms with Gasteiger partial charge < -0.3 is 14.6 Å². The Balaban J connectivity index is 2.33. The number of ether oxygens (including phenoxy) is 1. The molecule has 2 heterocycles. The third kappa shape index (κ3) is 3.08. The highest BCUT2D eigenvalue weighted by Crippen LogP contribution is 2.35. The van der Waals surface area contributed by atoms with Crippen LogP contribution in [0.15, 0.2) is 6.07 Å². The SMILES string of the molecule is CCOC(=O)c1[nH]c(N2CCCCC2)cc1C(F)(F)F. The fourth-order valence-corrected chi connectivity index (χ4v) is 2.33. The molecule has 0 radical (unpaired) electrons. The topological polar surface area (TPSA) is 45.3 Å². The molecule has 1 fully saturated rings. The van der Waals surface area contributed by atoms with Crippen molar-refractivity contribution >= 4 is 11.8 Å². The summed E-state index contributed by atoms with van der Waals surface area (Å²) in [6.07, 6.45) is -1.62. The maximum atomic E-state index is 13.0. The lowest BCUT2D eigenvalue weighted by Crippen LogP contribution is -2.29. The number of carbonyl (C=O) groups is 1. The molecule has 0 spiro atoms. The second-order valence-electron chi connectivity index (χ2n) is 4.71. The van der Waals surface area contributed by atoms with E-state index in [1.54, 1.807) is 6.92 Å². The molecule has 0 atom stereocenters. The lowest BCUT2D eigenvalue weighted by Gasteiger charge is -2.27. The van der Waals surface area contributed by atoms with Crippen molar-refractivity contribution in [3.63, 3.8) is 0 Å². The van der Waals surface area contributed by atoms with Gasteiger partial charge in [-0.3, -0.25) is 0 Å². The molecular formula is C13H17F3N2O2. The first-order valence-electron chi connectivity index (χ1n) is 6.65. The van der Waals surface area contributed by atoms with Gasteiger partial charge in [0.05, 0.1) is 12.2 Å². The monoisotopic (exact) mass is 290 g/mol. The molecule has 4 nitrogen and oxygen atoms in total. The van der Waals surface area contributed by atoms with E-state index in [4.69, 9.17) is 0 Å². The molecule has 0 bridgehead atoms. The Hall–Kier alpha value is -1.66. The van der Waals surface area contributed by atoms with Crippen LogP contribution in [0.4, 0.5) is 19.0 Å². The minimum absolute atomic E-state index is 0.0359. The quantitative estimate of drug-likeness (QED) is 0.869. The fraction of sp³-hybridized carbons (Fsp3) is 0.615. The molecule has 0 unspecified atom stereocenters.